The van der Waals surface area contributed by atoms with Crippen LogP contribution in [0, 0.1) is 5.92 Å². The maximum atomic E-state index is 11.7. The molecule has 3 heteroatoms. The molecule has 0 bridgehead atoms. The summed E-state index contributed by atoms with van der Waals surface area (Å²) in [4.78, 5) is 14.5. The van der Waals surface area contributed by atoms with Crippen LogP contribution in [0.1, 0.15) is 78.1 Å². The number of hydrogen-bond donors (Lipinski definition) is 1. The molecule has 3 nitrogen and oxygen atoms in total. The van der Waals surface area contributed by atoms with Crippen LogP contribution in [0.3, 0.4) is 0 Å². The Morgan fingerprint density at radius 1 is 0.952 bits per heavy atom. The zero-order valence-corrected chi connectivity index (χ0v) is 14.1. The van der Waals surface area contributed by atoms with Gasteiger partial charge < -0.3 is 5.32 Å². The molecule has 2 saturated carbocycles. The van der Waals surface area contributed by atoms with Crippen molar-refractivity contribution in [3.05, 3.63) is 0 Å². The van der Waals surface area contributed by atoms with E-state index < -0.39 is 0 Å². The summed E-state index contributed by atoms with van der Waals surface area (Å²) >= 11 is 0. The third-order valence-electron chi connectivity index (χ3n) is 5.28. The summed E-state index contributed by atoms with van der Waals surface area (Å²) < 4.78 is 0. The molecule has 21 heavy (non-hydrogen) atoms. The molecule has 2 fully saturated rings. The lowest BCUT2D eigenvalue weighted by atomic mass is 9.88. The fraction of sp³-hybridized carbons (Fsp3) is 0.944. The largest absolute Gasteiger partial charge is 0.355 e. The van der Waals surface area contributed by atoms with Crippen molar-refractivity contribution in [3.63, 3.8) is 0 Å². The van der Waals surface area contributed by atoms with Crippen molar-refractivity contribution in [2.24, 2.45) is 5.92 Å². The second kappa shape index (κ2) is 8.77. The van der Waals surface area contributed by atoms with Crippen molar-refractivity contribution in [2.45, 2.75) is 90.1 Å². The first kappa shape index (κ1) is 16.8. The molecular formula is C18H34N2O. The van der Waals surface area contributed by atoms with Crippen molar-refractivity contribution < 1.29 is 4.79 Å². The molecule has 1 amide bonds. The molecule has 0 spiro atoms. The molecule has 0 aromatic rings. The van der Waals surface area contributed by atoms with E-state index in [2.05, 4.69) is 10.2 Å². The second-order valence-corrected chi connectivity index (χ2v) is 7.27. The van der Waals surface area contributed by atoms with Crippen molar-refractivity contribution >= 4 is 5.91 Å². The summed E-state index contributed by atoms with van der Waals surface area (Å²) in [5.41, 5.74) is 0. The molecule has 122 valence electrons. The molecule has 0 unspecified atom stereocenters. The monoisotopic (exact) mass is 294 g/mol. The van der Waals surface area contributed by atoms with Gasteiger partial charge >= 0.3 is 0 Å². The van der Waals surface area contributed by atoms with Crippen LogP contribution in [0.2, 0.25) is 0 Å². The van der Waals surface area contributed by atoms with E-state index in [1.807, 2.05) is 13.8 Å². The van der Waals surface area contributed by atoms with Crippen molar-refractivity contribution in [3.8, 4) is 0 Å². The van der Waals surface area contributed by atoms with Gasteiger partial charge in [-0.25, -0.2) is 0 Å². The van der Waals surface area contributed by atoms with E-state index >= 15 is 0 Å². The van der Waals surface area contributed by atoms with Crippen LogP contribution in [-0.2, 0) is 4.79 Å². The lowest BCUT2D eigenvalue weighted by Gasteiger charge is -2.41. The number of carbonyl (C=O) groups excluding carboxylic acids is 1. The molecule has 0 aliphatic heterocycles. The van der Waals surface area contributed by atoms with Crippen LogP contribution in [0.5, 0.6) is 0 Å². The van der Waals surface area contributed by atoms with E-state index in [0.717, 1.165) is 25.2 Å². The van der Waals surface area contributed by atoms with Gasteiger partial charge in [0.25, 0.3) is 0 Å². The van der Waals surface area contributed by atoms with Crippen LogP contribution < -0.4 is 5.32 Å². The van der Waals surface area contributed by atoms with Gasteiger partial charge in [0.2, 0.25) is 5.91 Å². The summed E-state index contributed by atoms with van der Waals surface area (Å²) in [6.45, 7) is 5.81. The first-order chi connectivity index (χ1) is 10.2. The number of hydrogen-bond acceptors (Lipinski definition) is 2. The Morgan fingerprint density at radius 3 is 1.86 bits per heavy atom. The fourth-order valence-electron chi connectivity index (χ4n) is 4.00. The topological polar surface area (TPSA) is 32.3 Å². The van der Waals surface area contributed by atoms with E-state index in [-0.39, 0.29) is 11.8 Å². The Hall–Kier alpha value is -0.570. The molecule has 0 aromatic heterocycles. The highest BCUT2D eigenvalue weighted by Gasteiger charge is 2.28. The Labute approximate surface area is 130 Å². The molecule has 0 heterocycles. The third kappa shape index (κ3) is 5.28. The lowest BCUT2D eigenvalue weighted by molar-refractivity contribution is -0.124. The predicted octanol–water partition coefficient (Wildman–Crippen LogP) is 3.73. The van der Waals surface area contributed by atoms with E-state index in [4.69, 9.17) is 0 Å². The van der Waals surface area contributed by atoms with Gasteiger partial charge in [-0.3, -0.25) is 9.69 Å². The van der Waals surface area contributed by atoms with Crippen LogP contribution in [0.4, 0.5) is 0 Å². The predicted molar refractivity (Wildman–Crippen MR) is 88.3 cm³/mol. The third-order valence-corrected chi connectivity index (χ3v) is 5.28. The van der Waals surface area contributed by atoms with Crippen LogP contribution in [0.25, 0.3) is 0 Å². The van der Waals surface area contributed by atoms with E-state index in [9.17, 15) is 4.79 Å². The zero-order chi connectivity index (χ0) is 15.1. The van der Waals surface area contributed by atoms with Gasteiger partial charge in [-0.05, 0) is 25.7 Å². The van der Waals surface area contributed by atoms with Gasteiger partial charge in [-0.1, -0.05) is 52.4 Å². The molecule has 2 aliphatic carbocycles. The highest BCUT2D eigenvalue weighted by atomic mass is 16.1. The SMILES string of the molecule is CC(C)C(=O)NCCN(C1CCCCC1)C1CCCCC1. The van der Waals surface area contributed by atoms with E-state index in [0.29, 0.717) is 0 Å². The summed E-state index contributed by atoms with van der Waals surface area (Å²) in [5, 5.41) is 3.11. The number of nitrogens with one attached hydrogen (secondary N) is 1. The van der Waals surface area contributed by atoms with Crippen LogP contribution >= 0.6 is 0 Å². The normalized spacial score (nSPS) is 21.9. The first-order valence-corrected chi connectivity index (χ1v) is 9.22. The minimum Gasteiger partial charge on any atom is -0.355 e. The van der Waals surface area contributed by atoms with Crippen molar-refractivity contribution in [1.29, 1.82) is 0 Å². The summed E-state index contributed by atoms with van der Waals surface area (Å²) in [6.07, 6.45) is 13.9. The van der Waals surface area contributed by atoms with Crippen LogP contribution in [-0.4, -0.2) is 36.0 Å². The summed E-state index contributed by atoms with van der Waals surface area (Å²) in [5.74, 6) is 0.296. The van der Waals surface area contributed by atoms with Crippen molar-refractivity contribution in [1.82, 2.24) is 10.2 Å². The standard InChI is InChI=1S/C18H34N2O/c1-15(2)18(21)19-13-14-20(16-9-5-3-6-10-16)17-11-7-4-8-12-17/h15-17H,3-14H2,1-2H3,(H,19,21). The summed E-state index contributed by atoms with van der Waals surface area (Å²) in [6, 6.07) is 1.55. The minimum atomic E-state index is 0.0998. The average Bonchev–Trinajstić information content (AvgIpc) is 2.53. The Bertz CT molecular complexity index is 286. The smallest absolute Gasteiger partial charge is 0.222 e. The van der Waals surface area contributed by atoms with Gasteiger partial charge in [-0.2, -0.15) is 0 Å². The van der Waals surface area contributed by atoms with Gasteiger partial charge in [0.15, 0.2) is 0 Å². The zero-order valence-electron chi connectivity index (χ0n) is 14.1. The Morgan fingerprint density at radius 2 is 1.43 bits per heavy atom. The maximum absolute atomic E-state index is 11.7. The van der Waals surface area contributed by atoms with Gasteiger partial charge in [0, 0.05) is 31.1 Å². The number of amides is 1. The first-order valence-electron chi connectivity index (χ1n) is 9.22. The van der Waals surface area contributed by atoms with Gasteiger partial charge in [0.05, 0.1) is 0 Å². The highest BCUT2D eigenvalue weighted by molar-refractivity contribution is 5.77. The Balaban J connectivity index is 1.86. The molecule has 2 aliphatic rings. The van der Waals surface area contributed by atoms with E-state index in [1.165, 1.54) is 64.2 Å². The second-order valence-electron chi connectivity index (χ2n) is 7.27. The molecular weight excluding hydrogens is 260 g/mol. The summed E-state index contributed by atoms with van der Waals surface area (Å²) in [7, 11) is 0. The highest BCUT2D eigenvalue weighted by Crippen LogP contribution is 2.29. The number of carbonyl (C=O) groups is 1. The van der Waals surface area contributed by atoms with E-state index in [1.54, 1.807) is 0 Å². The molecule has 0 aromatic carbocycles. The molecule has 1 N–H and O–H groups in total. The lowest BCUT2D eigenvalue weighted by Crippen LogP contribution is -2.48. The minimum absolute atomic E-state index is 0.0998. The fourth-order valence-corrected chi connectivity index (χ4v) is 4.00. The molecule has 0 radical (unpaired) electrons. The maximum Gasteiger partial charge on any atom is 0.222 e. The van der Waals surface area contributed by atoms with Gasteiger partial charge in [-0.15, -0.1) is 0 Å². The molecule has 0 atom stereocenters. The molecule has 2 rings (SSSR count). The Kier molecular flexibility index (Phi) is 7.01. The van der Waals surface area contributed by atoms with Gasteiger partial charge in [0.1, 0.15) is 0 Å². The number of nitrogens with zero attached hydrogens (tertiary/aromatic N) is 1. The molecule has 0 saturated heterocycles. The quantitative estimate of drug-likeness (QED) is 0.809. The van der Waals surface area contributed by atoms with Crippen LogP contribution in [0.15, 0.2) is 0 Å². The average molecular weight is 294 g/mol. The van der Waals surface area contributed by atoms with Crippen molar-refractivity contribution in [2.75, 3.05) is 13.1 Å². The number of rotatable bonds is 6.